The van der Waals surface area contributed by atoms with E-state index in [9.17, 15) is 22.8 Å². The van der Waals surface area contributed by atoms with E-state index in [1.54, 1.807) is 0 Å². The van der Waals surface area contributed by atoms with Crippen LogP contribution in [0.3, 0.4) is 0 Å². The Balaban J connectivity index is 1.68. The predicted molar refractivity (Wildman–Crippen MR) is 127 cm³/mol. The van der Waals surface area contributed by atoms with E-state index in [0.717, 1.165) is 11.1 Å². The number of carbonyl (C=O) groups is 2. The number of fused-ring (bicyclic) bond motifs is 1. The van der Waals surface area contributed by atoms with Gasteiger partial charge in [-0.25, -0.2) is 8.42 Å². The standard InChI is InChI=1S/C24H31N3O5S/c1-17-5-7-18(8-6-17)15-25-21(28)19-9-10-20-23(30)26(11-12-27(20)22(19)29)13-14-33(31,32)16-24(2,3)4/h5-10H,11-16H2,1-4H3,(H,25,28). The molecule has 0 saturated heterocycles. The van der Waals surface area contributed by atoms with Crippen molar-refractivity contribution in [1.82, 2.24) is 14.8 Å². The average Bonchev–Trinajstić information content (AvgIpc) is 2.71. The van der Waals surface area contributed by atoms with Crippen LogP contribution in [0, 0.1) is 12.3 Å². The molecule has 1 aliphatic heterocycles. The van der Waals surface area contributed by atoms with Crippen LogP contribution in [-0.2, 0) is 22.9 Å². The van der Waals surface area contributed by atoms with E-state index in [4.69, 9.17) is 0 Å². The summed E-state index contributed by atoms with van der Waals surface area (Å²) in [6.07, 6.45) is 0. The third kappa shape index (κ3) is 6.31. The summed E-state index contributed by atoms with van der Waals surface area (Å²) >= 11 is 0. The number of pyridine rings is 1. The number of benzene rings is 1. The van der Waals surface area contributed by atoms with E-state index in [-0.39, 0.29) is 54.4 Å². The molecule has 2 heterocycles. The first-order valence-corrected chi connectivity index (χ1v) is 12.8. The monoisotopic (exact) mass is 473 g/mol. The quantitative estimate of drug-likeness (QED) is 0.662. The van der Waals surface area contributed by atoms with Gasteiger partial charge in [-0.05, 0) is 30.0 Å². The molecular weight excluding hydrogens is 442 g/mol. The lowest BCUT2D eigenvalue weighted by Crippen LogP contribution is -2.47. The molecule has 33 heavy (non-hydrogen) atoms. The maximum atomic E-state index is 12.9. The summed E-state index contributed by atoms with van der Waals surface area (Å²) in [5.41, 5.74) is 1.28. The molecule has 0 radical (unpaired) electrons. The zero-order valence-corrected chi connectivity index (χ0v) is 20.4. The zero-order chi connectivity index (χ0) is 24.4. The Morgan fingerprint density at radius 1 is 1.03 bits per heavy atom. The number of hydrogen-bond acceptors (Lipinski definition) is 5. The van der Waals surface area contributed by atoms with E-state index in [2.05, 4.69) is 5.32 Å². The Labute approximate surface area is 194 Å². The lowest BCUT2D eigenvalue weighted by molar-refractivity contribution is 0.0710. The van der Waals surface area contributed by atoms with Crippen LogP contribution in [0.2, 0.25) is 0 Å². The third-order valence-electron chi connectivity index (χ3n) is 5.42. The molecule has 1 N–H and O–H groups in total. The second-order valence-electron chi connectivity index (χ2n) is 9.70. The highest BCUT2D eigenvalue weighted by Crippen LogP contribution is 2.17. The van der Waals surface area contributed by atoms with Gasteiger partial charge in [0, 0.05) is 26.2 Å². The summed E-state index contributed by atoms with van der Waals surface area (Å²) < 4.78 is 26.0. The number of hydrogen-bond donors (Lipinski definition) is 1. The van der Waals surface area contributed by atoms with Gasteiger partial charge in [-0.3, -0.25) is 14.4 Å². The van der Waals surface area contributed by atoms with Crippen molar-refractivity contribution in [3.8, 4) is 0 Å². The summed E-state index contributed by atoms with van der Waals surface area (Å²) in [6, 6.07) is 10.5. The van der Waals surface area contributed by atoms with Gasteiger partial charge >= 0.3 is 0 Å². The van der Waals surface area contributed by atoms with E-state index in [1.807, 2.05) is 52.0 Å². The van der Waals surface area contributed by atoms with Crippen molar-refractivity contribution in [2.75, 3.05) is 24.6 Å². The first-order valence-electron chi connectivity index (χ1n) is 10.9. The average molecular weight is 474 g/mol. The van der Waals surface area contributed by atoms with Gasteiger partial charge < -0.3 is 14.8 Å². The Morgan fingerprint density at radius 2 is 1.70 bits per heavy atom. The minimum Gasteiger partial charge on any atom is -0.348 e. The Kier molecular flexibility index (Phi) is 7.11. The van der Waals surface area contributed by atoms with Crippen LogP contribution in [-0.4, -0.2) is 54.3 Å². The number of nitrogens with zero attached hydrogens (tertiary/aromatic N) is 2. The van der Waals surface area contributed by atoms with Crippen LogP contribution < -0.4 is 10.9 Å². The largest absolute Gasteiger partial charge is 0.348 e. The Morgan fingerprint density at radius 3 is 2.33 bits per heavy atom. The molecule has 2 aromatic rings. The minimum atomic E-state index is -3.31. The molecule has 0 bridgehead atoms. The van der Waals surface area contributed by atoms with Crippen LogP contribution in [0.5, 0.6) is 0 Å². The molecule has 1 aromatic carbocycles. The minimum absolute atomic E-state index is 0.0279. The normalized spacial score (nSPS) is 14.2. The number of sulfone groups is 1. The lowest BCUT2D eigenvalue weighted by atomic mass is 10.0. The second-order valence-corrected chi connectivity index (χ2v) is 11.9. The molecule has 2 amide bonds. The number of aryl methyl sites for hydroxylation is 1. The zero-order valence-electron chi connectivity index (χ0n) is 19.6. The van der Waals surface area contributed by atoms with Gasteiger partial charge in [-0.2, -0.15) is 0 Å². The highest BCUT2D eigenvalue weighted by atomic mass is 32.2. The molecule has 178 valence electrons. The predicted octanol–water partition coefficient (Wildman–Crippen LogP) is 2.00. The second kappa shape index (κ2) is 9.51. The Bertz CT molecular complexity index is 1210. The molecule has 9 heteroatoms. The highest BCUT2D eigenvalue weighted by Gasteiger charge is 2.29. The molecule has 0 saturated carbocycles. The molecule has 3 rings (SSSR count). The third-order valence-corrected chi connectivity index (χ3v) is 7.53. The molecule has 0 atom stereocenters. The lowest BCUT2D eigenvalue weighted by Gasteiger charge is -2.30. The first-order chi connectivity index (χ1) is 15.4. The topological polar surface area (TPSA) is 106 Å². The fourth-order valence-electron chi connectivity index (χ4n) is 3.82. The van der Waals surface area contributed by atoms with E-state index >= 15 is 0 Å². The molecule has 1 aliphatic rings. The Hall–Kier alpha value is -2.94. The van der Waals surface area contributed by atoms with Crippen molar-refractivity contribution in [3.05, 3.63) is 69.1 Å². The number of aromatic nitrogens is 1. The molecule has 0 aliphatic carbocycles. The van der Waals surface area contributed by atoms with Crippen molar-refractivity contribution in [3.63, 3.8) is 0 Å². The summed E-state index contributed by atoms with van der Waals surface area (Å²) in [5.74, 6) is -0.992. The molecule has 8 nitrogen and oxygen atoms in total. The van der Waals surface area contributed by atoms with E-state index in [1.165, 1.54) is 21.6 Å². The fourth-order valence-corrected chi connectivity index (χ4v) is 5.78. The van der Waals surface area contributed by atoms with Crippen molar-refractivity contribution in [2.45, 2.75) is 40.8 Å². The molecular formula is C24H31N3O5S. The fraction of sp³-hybridized carbons (Fsp3) is 0.458. The number of carbonyl (C=O) groups excluding carboxylic acids is 2. The van der Waals surface area contributed by atoms with Crippen LogP contribution in [0.4, 0.5) is 0 Å². The van der Waals surface area contributed by atoms with E-state index in [0.29, 0.717) is 0 Å². The van der Waals surface area contributed by atoms with Gasteiger partial charge in [0.25, 0.3) is 17.4 Å². The smallest absolute Gasteiger partial charge is 0.270 e. The van der Waals surface area contributed by atoms with Crippen LogP contribution in [0.1, 0.15) is 52.7 Å². The van der Waals surface area contributed by atoms with Crippen molar-refractivity contribution in [2.24, 2.45) is 5.41 Å². The summed E-state index contributed by atoms with van der Waals surface area (Å²) in [7, 11) is -3.31. The van der Waals surface area contributed by atoms with Crippen molar-refractivity contribution >= 4 is 21.7 Å². The molecule has 0 unspecified atom stereocenters. The van der Waals surface area contributed by atoms with Gasteiger partial charge in [-0.15, -0.1) is 0 Å². The van der Waals surface area contributed by atoms with Crippen LogP contribution >= 0.6 is 0 Å². The first kappa shape index (κ1) is 24.7. The van der Waals surface area contributed by atoms with Crippen LogP contribution in [0.25, 0.3) is 0 Å². The highest BCUT2D eigenvalue weighted by molar-refractivity contribution is 7.91. The van der Waals surface area contributed by atoms with Gasteiger partial charge in [0.2, 0.25) is 0 Å². The number of nitrogens with one attached hydrogen (secondary N) is 1. The maximum Gasteiger partial charge on any atom is 0.270 e. The van der Waals surface area contributed by atoms with Crippen molar-refractivity contribution in [1.29, 1.82) is 0 Å². The van der Waals surface area contributed by atoms with Crippen LogP contribution in [0.15, 0.2) is 41.2 Å². The van der Waals surface area contributed by atoms with Crippen molar-refractivity contribution < 1.29 is 18.0 Å². The van der Waals surface area contributed by atoms with E-state index < -0.39 is 27.2 Å². The SMILES string of the molecule is Cc1ccc(CNC(=O)c2ccc3n(c2=O)CCN(CCS(=O)(=O)CC(C)(C)C)C3=O)cc1. The number of amides is 2. The summed E-state index contributed by atoms with van der Waals surface area (Å²) in [4.78, 5) is 39.8. The summed E-state index contributed by atoms with van der Waals surface area (Å²) in [6.45, 7) is 8.32. The van der Waals surface area contributed by atoms with Gasteiger partial charge in [0.1, 0.15) is 11.3 Å². The molecule has 0 fully saturated rings. The maximum absolute atomic E-state index is 12.9. The summed E-state index contributed by atoms with van der Waals surface area (Å²) in [5, 5.41) is 2.74. The molecule has 1 aromatic heterocycles. The van der Waals surface area contributed by atoms with Gasteiger partial charge in [-0.1, -0.05) is 50.6 Å². The molecule has 0 spiro atoms. The number of rotatable bonds is 7. The van der Waals surface area contributed by atoms with Gasteiger partial charge in [0.05, 0.1) is 11.5 Å². The van der Waals surface area contributed by atoms with Gasteiger partial charge in [0.15, 0.2) is 9.84 Å².